The lowest BCUT2D eigenvalue weighted by molar-refractivity contribution is 0.914. The zero-order valence-corrected chi connectivity index (χ0v) is 4.65. The maximum atomic E-state index is 5.14. The monoisotopic (exact) mass is 100 g/mol. The Kier molecular flexibility index (Phi) is 5.11. The van der Waals surface area contributed by atoms with E-state index in [1.807, 2.05) is 19.2 Å². The number of nitrogens with two attached hydrogens (primary N) is 1. The molecule has 0 aliphatic carbocycles. The first kappa shape index (κ1) is 6.50. The van der Waals surface area contributed by atoms with E-state index >= 15 is 0 Å². The van der Waals surface area contributed by atoms with Gasteiger partial charge in [0.05, 0.1) is 0 Å². The van der Waals surface area contributed by atoms with Crippen LogP contribution in [0.1, 0.15) is 6.92 Å². The molecular formula is C5H12N2. The molecule has 0 saturated heterocycles. The molecule has 0 aromatic rings. The van der Waals surface area contributed by atoms with Crippen LogP contribution < -0.4 is 11.1 Å². The van der Waals surface area contributed by atoms with Gasteiger partial charge in [-0.05, 0) is 13.1 Å². The summed E-state index contributed by atoms with van der Waals surface area (Å²) in [6.07, 6.45) is 3.74. The van der Waals surface area contributed by atoms with Gasteiger partial charge in [0.25, 0.3) is 0 Å². The number of nitrogens with one attached hydrogen (secondary N) is 1. The van der Waals surface area contributed by atoms with Crippen molar-refractivity contribution < 1.29 is 0 Å². The first-order valence-electron chi connectivity index (χ1n) is 2.50. The van der Waals surface area contributed by atoms with Crippen LogP contribution in [0.15, 0.2) is 12.3 Å². The molecule has 0 unspecified atom stereocenters. The average molecular weight is 100 g/mol. The molecule has 7 heavy (non-hydrogen) atoms. The van der Waals surface area contributed by atoms with E-state index in [0.717, 1.165) is 6.54 Å². The van der Waals surface area contributed by atoms with Gasteiger partial charge >= 0.3 is 0 Å². The predicted molar refractivity (Wildman–Crippen MR) is 31.9 cm³/mol. The summed E-state index contributed by atoms with van der Waals surface area (Å²) in [5.41, 5.74) is 5.14. The first-order valence-corrected chi connectivity index (χ1v) is 2.50. The molecule has 0 amide bonds. The Bertz CT molecular complexity index is 50.0. The van der Waals surface area contributed by atoms with E-state index in [2.05, 4.69) is 5.32 Å². The molecule has 0 aliphatic heterocycles. The normalized spacial score (nSPS) is 10.0. The van der Waals surface area contributed by atoms with Gasteiger partial charge in [-0.1, -0.05) is 6.08 Å². The van der Waals surface area contributed by atoms with Crippen molar-refractivity contribution in [3.8, 4) is 0 Å². The summed E-state index contributed by atoms with van der Waals surface area (Å²) in [6, 6.07) is 0. The Morgan fingerprint density at radius 3 is 2.86 bits per heavy atom. The summed E-state index contributed by atoms with van der Waals surface area (Å²) < 4.78 is 0. The number of rotatable bonds is 3. The van der Waals surface area contributed by atoms with Gasteiger partial charge in [-0.3, -0.25) is 0 Å². The van der Waals surface area contributed by atoms with Crippen molar-refractivity contribution in [2.75, 3.05) is 13.1 Å². The van der Waals surface area contributed by atoms with Gasteiger partial charge in [0.1, 0.15) is 0 Å². The Morgan fingerprint density at radius 2 is 2.43 bits per heavy atom. The molecule has 0 bridgehead atoms. The standard InChI is InChI=1S/C5H12N2/c1-2-7-5-3-4-6/h3,5,7H,2,4,6H2,1H3/b5-3-. The third kappa shape index (κ3) is 5.50. The van der Waals surface area contributed by atoms with E-state index in [0.29, 0.717) is 6.54 Å². The summed E-state index contributed by atoms with van der Waals surface area (Å²) >= 11 is 0. The summed E-state index contributed by atoms with van der Waals surface area (Å²) in [4.78, 5) is 0. The van der Waals surface area contributed by atoms with Crippen molar-refractivity contribution in [2.24, 2.45) is 5.73 Å². The highest BCUT2D eigenvalue weighted by Crippen LogP contribution is 1.59. The molecule has 0 fully saturated rings. The molecular weight excluding hydrogens is 88.1 g/mol. The highest BCUT2D eigenvalue weighted by molar-refractivity contribution is 4.78. The van der Waals surface area contributed by atoms with Crippen LogP contribution in [0.25, 0.3) is 0 Å². The lowest BCUT2D eigenvalue weighted by Crippen LogP contribution is -2.03. The minimum absolute atomic E-state index is 0.618. The Morgan fingerprint density at radius 1 is 1.71 bits per heavy atom. The van der Waals surface area contributed by atoms with E-state index in [1.54, 1.807) is 0 Å². The van der Waals surface area contributed by atoms with Crippen LogP contribution in [0.3, 0.4) is 0 Å². The van der Waals surface area contributed by atoms with Gasteiger partial charge in [-0.25, -0.2) is 0 Å². The van der Waals surface area contributed by atoms with Crippen molar-refractivity contribution in [3.05, 3.63) is 12.3 Å². The molecule has 2 nitrogen and oxygen atoms in total. The van der Waals surface area contributed by atoms with Gasteiger partial charge in [-0.15, -0.1) is 0 Å². The largest absolute Gasteiger partial charge is 0.391 e. The van der Waals surface area contributed by atoms with E-state index < -0.39 is 0 Å². The van der Waals surface area contributed by atoms with Crippen molar-refractivity contribution in [3.63, 3.8) is 0 Å². The third-order valence-electron chi connectivity index (χ3n) is 0.576. The van der Waals surface area contributed by atoms with Crippen LogP contribution >= 0.6 is 0 Å². The van der Waals surface area contributed by atoms with Crippen LogP contribution in [-0.4, -0.2) is 13.1 Å². The zero-order chi connectivity index (χ0) is 5.54. The van der Waals surface area contributed by atoms with Crippen molar-refractivity contribution in [1.29, 1.82) is 0 Å². The topological polar surface area (TPSA) is 38.0 Å². The van der Waals surface area contributed by atoms with E-state index in [1.165, 1.54) is 0 Å². The molecule has 0 aliphatic rings. The molecule has 3 N–H and O–H groups in total. The predicted octanol–water partition coefficient (Wildman–Crippen LogP) is 0.0683. The molecule has 0 saturated carbocycles. The summed E-state index contributed by atoms with van der Waals surface area (Å²) in [5, 5.41) is 2.99. The molecule has 0 aromatic carbocycles. The Balaban J connectivity index is 2.78. The lowest BCUT2D eigenvalue weighted by Gasteiger charge is -1.87. The smallest absolute Gasteiger partial charge is 0.0124 e. The second-order valence-corrected chi connectivity index (χ2v) is 1.20. The van der Waals surface area contributed by atoms with Crippen molar-refractivity contribution in [2.45, 2.75) is 6.92 Å². The molecule has 0 spiro atoms. The molecule has 42 valence electrons. The lowest BCUT2D eigenvalue weighted by atomic mass is 10.6. The molecule has 0 heterocycles. The van der Waals surface area contributed by atoms with Gasteiger partial charge in [-0.2, -0.15) is 0 Å². The van der Waals surface area contributed by atoms with E-state index in [9.17, 15) is 0 Å². The second-order valence-electron chi connectivity index (χ2n) is 1.20. The minimum Gasteiger partial charge on any atom is -0.391 e. The zero-order valence-electron chi connectivity index (χ0n) is 4.65. The van der Waals surface area contributed by atoms with E-state index in [4.69, 9.17) is 5.73 Å². The molecule has 2 heteroatoms. The van der Waals surface area contributed by atoms with Gasteiger partial charge in [0, 0.05) is 13.1 Å². The Hall–Kier alpha value is -0.500. The molecule has 0 radical (unpaired) electrons. The van der Waals surface area contributed by atoms with Crippen molar-refractivity contribution >= 4 is 0 Å². The maximum absolute atomic E-state index is 5.14. The van der Waals surface area contributed by atoms with Crippen LogP contribution in [0.2, 0.25) is 0 Å². The first-order chi connectivity index (χ1) is 3.41. The highest BCUT2D eigenvalue weighted by Gasteiger charge is 1.63. The van der Waals surface area contributed by atoms with Crippen LogP contribution in [0, 0.1) is 0 Å². The van der Waals surface area contributed by atoms with Gasteiger partial charge in [0.15, 0.2) is 0 Å². The fraction of sp³-hybridized carbons (Fsp3) is 0.600. The van der Waals surface area contributed by atoms with E-state index in [-0.39, 0.29) is 0 Å². The third-order valence-corrected chi connectivity index (χ3v) is 0.576. The number of hydrogen-bond donors (Lipinski definition) is 2. The molecule has 0 rings (SSSR count). The van der Waals surface area contributed by atoms with Crippen LogP contribution in [0.4, 0.5) is 0 Å². The quantitative estimate of drug-likeness (QED) is 0.526. The maximum Gasteiger partial charge on any atom is 0.0124 e. The Labute approximate surface area is 44.4 Å². The summed E-state index contributed by atoms with van der Waals surface area (Å²) in [7, 11) is 0. The molecule has 0 atom stereocenters. The second kappa shape index (κ2) is 5.50. The summed E-state index contributed by atoms with van der Waals surface area (Å²) in [5.74, 6) is 0. The van der Waals surface area contributed by atoms with Crippen molar-refractivity contribution in [1.82, 2.24) is 5.32 Å². The van der Waals surface area contributed by atoms with Crippen LogP contribution in [-0.2, 0) is 0 Å². The minimum atomic E-state index is 0.618. The number of hydrogen-bond acceptors (Lipinski definition) is 2. The SMILES string of the molecule is CCN/C=C\CN. The van der Waals surface area contributed by atoms with Gasteiger partial charge in [0.2, 0.25) is 0 Å². The average Bonchev–Trinajstić information content (AvgIpc) is 1.69. The molecule has 0 aromatic heterocycles. The fourth-order valence-corrected chi connectivity index (χ4v) is 0.269. The summed E-state index contributed by atoms with van der Waals surface area (Å²) in [6.45, 7) is 3.63. The van der Waals surface area contributed by atoms with Crippen LogP contribution in [0.5, 0.6) is 0 Å². The van der Waals surface area contributed by atoms with Gasteiger partial charge < -0.3 is 11.1 Å². The fourth-order valence-electron chi connectivity index (χ4n) is 0.269. The highest BCUT2D eigenvalue weighted by atomic mass is 14.8.